The number of hydrogen-bond acceptors (Lipinski definition) is 5. The zero-order valence-electron chi connectivity index (χ0n) is 14.4. The maximum Gasteiger partial charge on any atom is 0.183 e. The number of hydrogen-bond donors (Lipinski definition) is 1. The molecule has 1 unspecified atom stereocenters. The molecule has 0 radical (unpaired) electrons. The summed E-state index contributed by atoms with van der Waals surface area (Å²) in [4.78, 5) is 7.21. The van der Waals surface area contributed by atoms with Crippen LogP contribution in [0.4, 0.5) is 5.13 Å². The van der Waals surface area contributed by atoms with Crippen LogP contribution in [0.15, 0.2) is 48.5 Å². The average molecular weight is 353 g/mol. The summed E-state index contributed by atoms with van der Waals surface area (Å²) in [6.45, 7) is 6.54. The highest BCUT2D eigenvalue weighted by Crippen LogP contribution is 2.28. The smallest absolute Gasteiger partial charge is 0.183 e. The van der Waals surface area contributed by atoms with Gasteiger partial charge < -0.3 is 10.1 Å². The number of para-hydroxylation sites is 1. The van der Waals surface area contributed by atoms with Crippen LogP contribution < -0.4 is 5.32 Å². The van der Waals surface area contributed by atoms with Gasteiger partial charge in [0, 0.05) is 19.6 Å². The lowest BCUT2D eigenvalue weighted by Crippen LogP contribution is -2.41. The topological polar surface area (TPSA) is 37.4 Å². The van der Waals surface area contributed by atoms with Crippen molar-refractivity contribution in [1.29, 1.82) is 0 Å². The van der Waals surface area contributed by atoms with Gasteiger partial charge in [-0.25, -0.2) is 4.98 Å². The zero-order chi connectivity index (χ0) is 17.1. The number of nitrogens with one attached hydrogen (secondary N) is 1. The Morgan fingerprint density at radius 1 is 1.12 bits per heavy atom. The molecule has 4 rings (SSSR count). The van der Waals surface area contributed by atoms with Crippen molar-refractivity contribution in [3.8, 4) is 0 Å². The molecule has 5 heteroatoms. The van der Waals surface area contributed by atoms with Crippen molar-refractivity contribution in [1.82, 2.24) is 9.88 Å². The van der Waals surface area contributed by atoms with Crippen molar-refractivity contribution < 1.29 is 4.74 Å². The monoisotopic (exact) mass is 353 g/mol. The van der Waals surface area contributed by atoms with Crippen LogP contribution in [0.2, 0.25) is 0 Å². The van der Waals surface area contributed by atoms with Gasteiger partial charge >= 0.3 is 0 Å². The lowest BCUT2D eigenvalue weighted by Gasteiger charge is -2.35. The fourth-order valence-electron chi connectivity index (χ4n) is 3.27. The number of aryl methyl sites for hydroxylation is 1. The molecular weight excluding hydrogens is 330 g/mol. The van der Waals surface area contributed by atoms with Gasteiger partial charge in [0.1, 0.15) is 0 Å². The molecule has 25 heavy (non-hydrogen) atoms. The fourth-order valence-corrected chi connectivity index (χ4v) is 4.14. The number of thiazole rings is 1. The Kier molecular flexibility index (Phi) is 4.97. The predicted molar refractivity (Wildman–Crippen MR) is 104 cm³/mol. The van der Waals surface area contributed by atoms with E-state index < -0.39 is 0 Å². The SMILES string of the molecule is Cc1ccc(C(CNc2nc3ccccc3s2)N2CCOCC2)cc1. The van der Waals surface area contributed by atoms with Gasteiger partial charge in [-0.05, 0) is 24.6 Å². The van der Waals surface area contributed by atoms with Crippen LogP contribution in [0.3, 0.4) is 0 Å². The molecule has 1 aromatic heterocycles. The van der Waals surface area contributed by atoms with Crippen molar-refractivity contribution in [2.24, 2.45) is 0 Å². The van der Waals surface area contributed by atoms with Gasteiger partial charge in [-0.1, -0.05) is 53.3 Å². The Bertz CT molecular complexity index is 791. The molecule has 1 atom stereocenters. The second-order valence-corrected chi connectivity index (χ2v) is 7.47. The van der Waals surface area contributed by atoms with E-state index >= 15 is 0 Å². The highest BCUT2D eigenvalue weighted by Gasteiger charge is 2.22. The molecule has 0 aliphatic carbocycles. The molecular formula is C20H23N3OS. The third-order valence-corrected chi connectivity index (χ3v) is 5.68. The van der Waals surface area contributed by atoms with Crippen LogP contribution in [-0.2, 0) is 4.74 Å². The first-order valence-corrected chi connectivity index (χ1v) is 9.59. The second-order valence-electron chi connectivity index (χ2n) is 6.44. The summed E-state index contributed by atoms with van der Waals surface area (Å²) in [7, 11) is 0. The van der Waals surface area contributed by atoms with Crippen LogP contribution in [0, 0.1) is 6.92 Å². The number of aromatic nitrogens is 1. The van der Waals surface area contributed by atoms with Crippen LogP contribution in [0.5, 0.6) is 0 Å². The van der Waals surface area contributed by atoms with E-state index in [1.165, 1.54) is 15.8 Å². The highest BCUT2D eigenvalue weighted by atomic mass is 32.1. The van der Waals surface area contributed by atoms with Crippen molar-refractivity contribution in [3.63, 3.8) is 0 Å². The molecule has 1 aliphatic rings. The largest absolute Gasteiger partial charge is 0.379 e. The molecule has 0 spiro atoms. The lowest BCUT2D eigenvalue weighted by atomic mass is 10.0. The maximum absolute atomic E-state index is 5.54. The molecule has 0 amide bonds. The number of nitrogens with zero attached hydrogens (tertiary/aromatic N) is 2. The van der Waals surface area contributed by atoms with Gasteiger partial charge in [0.2, 0.25) is 0 Å². The molecule has 130 valence electrons. The lowest BCUT2D eigenvalue weighted by molar-refractivity contribution is 0.0187. The van der Waals surface area contributed by atoms with Crippen molar-refractivity contribution in [3.05, 3.63) is 59.7 Å². The van der Waals surface area contributed by atoms with Gasteiger partial charge in [0.25, 0.3) is 0 Å². The van der Waals surface area contributed by atoms with E-state index in [9.17, 15) is 0 Å². The van der Waals surface area contributed by atoms with E-state index in [2.05, 4.69) is 59.6 Å². The minimum atomic E-state index is 0.330. The first-order valence-electron chi connectivity index (χ1n) is 8.77. The third kappa shape index (κ3) is 3.84. The molecule has 0 bridgehead atoms. The predicted octanol–water partition coefficient (Wildman–Crippen LogP) is 4.09. The Morgan fingerprint density at radius 2 is 1.88 bits per heavy atom. The summed E-state index contributed by atoms with van der Waals surface area (Å²) in [6.07, 6.45) is 0. The number of morpholine rings is 1. The van der Waals surface area contributed by atoms with E-state index in [0.717, 1.165) is 43.5 Å². The molecule has 2 heterocycles. The van der Waals surface area contributed by atoms with Crippen LogP contribution in [0.25, 0.3) is 10.2 Å². The Hall–Kier alpha value is -1.95. The molecule has 2 aromatic carbocycles. The van der Waals surface area contributed by atoms with Gasteiger partial charge in [-0.15, -0.1) is 0 Å². The molecule has 1 aliphatic heterocycles. The number of benzene rings is 2. The van der Waals surface area contributed by atoms with Crippen LogP contribution in [-0.4, -0.2) is 42.7 Å². The summed E-state index contributed by atoms with van der Waals surface area (Å²) in [6, 6.07) is 17.5. The molecule has 1 fully saturated rings. The number of rotatable bonds is 5. The maximum atomic E-state index is 5.54. The Morgan fingerprint density at radius 3 is 2.64 bits per heavy atom. The molecule has 3 aromatic rings. The molecule has 1 N–H and O–H groups in total. The van der Waals surface area contributed by atoms with E-state index in [4.69, 9.17) is 9.72 Å². The van der Waals surface area contributed by atoms with Crippen LogP contribution in [0.1, 0.15) is 17.2 Å². The number of fused-ring (bicyclic) bond motifs is 1. The normalized spacial score (nSPS) is 16.8. The van der Waals surface area contributed by atoms with Gasteiger partial charge in [-0.3, -0.25) is 4.90 Å². The van der Waals surface area contributed by atoms with Gasteiger partial charge in [0.05, 0.1) is 29.5 Å². The van der Waals surface area contributed by atoms with Gasteiger partial charge in [-0.2, -0.15) is 0 Å². The molecule has 4 nitrogen and oxygen atoms in total. The van der Waals surface area contributed by atoms with Crippen molar-refractivity contribution in [2.75, 3.05) is 38.2 Å². The summed E-state index contributed by atoms with van der Waals surface area (Å²) in [5.74, 6) is 0. The molecule has 0 saturated carbocycles. The highest BCUT2D eigenvalue weighted by molar-refractivity contribution is 7.22. The summed E-state index contributed by atoms with van der Waals surface area (Å²) in [5, 5.41) is 4.56. The first kappa shape index (κ1) is 16.5. The Balaban J connectivity index is 1.53. The summed E-state index contributed by atoms with van der Waals surface area (Å²) in [5.41, 5.74) is 3.71. The fraction of sp³-hybridized carbons (Fsp3) is 0.350. The van der Waals surface area contributed by atoms with E-state index in [1.807, 2.05) is 6.07 Å². The third-order valence-electron chi connectivity index (χ3n) is 4.69. The summed E-state index contributed by atoms with van der Waals surface area (Å²) >= 11 is 1.72. The van der Waals surface area contributed by atoms with Crippen molar-refractivity contribution in [2.45, 2.75) is 13.0 Å². The van der Waals surface area contributed by atoms with E-state index in [1.54, 1.807) is 11.3 Å². The van der Waals surface area contributed by atoms with E-state index in [-0.39, 0.29) is 0 Å². The van der Waals surface area contributed by atoms with Crippen molar-refractivity contribution >= 4 is 26.7 Å². The zero-order valence-corrected chi connectivity index (χ0v) is 15.3. The minimum absolute atomic E-state index is 0.330. The first-order chi connectivity index (χ1) is 12.3. The second kappa shape index (κ2) is 7.52. The average Bonchev–Trinajstić information content (AvgIpc) is 3.07. The quantitative estimate of drug-likeness (QED) is 0.750. The van der Waals surface area contributed by atoms with E-state index in [0.29, 0.717) is 6.04 Å². The minimum Gasteiger partial charge on any atom is -0.379 e. The van der Waals surface area contributed by atoms with Crippen LogP contribution >= 0.6 is 11.3 Å². The van der Waals surface area contributed by atoms with Gasteiger partial charge in [0.15, 0.2) is 5.13 Å². The number of anilines is 1. The summed E-state index contributed by atoms with van der Waals surface area (Å²) < 4.78 is 6.76. The standard InChI is InChI=1S/C20H23N3OS/c1-15-6-8-16(9-7-15)18(23-10-12-24-13-11-23)14-21-20-22-17-4-2-3-5-19(17)25-20/h2-9,18H,10-14H2,1H3,(H,21,22). The molecule has 1 saturated heterocycles. The number of ether oxygens (including phenoxy) is 1. The Labute approximate surface area is 152 Å².